The van der Waals surface area contributed by atoms with Crippen LogP contribution in [0.15, 0.2) is 41.3 Å². The fraction of sp³-hybridized carbons (Fsp3) is 0.167. The van der Waals surface area contributed by atoms with Gasteiger partial charge in [0.1, 0.15) is 6.26 Å². The molecule has 2 rings (SSSR count). The topological polar surface area (TPSA) is 55.1 Å². The summed E-state index contributed by atoms with van der Waals surface area (Å²) in [6.45, 7) is 0.549. The van der Waals surface area contributed by atoms with E-state index in [-0.39, 0.29) is 5.91 Å². The zero-order valence-electron chi connectivity index (χ0n) is 9.02. The molecule has 0 saturated carbocycles. The van der Waals surface area contributed by atoms with Crippen LogP contribution in [0.2, 0.25) is 5.02 Å². The molecular formula is C12H11ClN2O2. The molecule has 0 aliphatic rings. The van der Waals surface area contributed by atoms with Crippen molar-refractivity contribution in [3.8, 4) is 0 Å². The Bertz CT molecular complexity index is 480. The number of carbonyl (C=O) groups excluding carboxylic acids is 1. The van der Waals surface area contributed by atoms with Crippen LogP contribution in [0.1, 0.15) is 16.1 Å². The molecule has 0 radical (unpaired) electrons. The Hall–Kier alpha value is -1.81. The van der Waals surface area contributed by atoms with E-state index in [9.17, 15) is 4.79 Å². The van der Waals surface area contributed by atoms with Crippen molar-refractivity contribution in [3.63, 3.8) is 0 Å². The maximum atomic E-state index is 11.5. The Kier molecular flexibility index (Phi) is 3.77. The number of nitrogens with one attached hydrogen (secondary N) is 1. The summed E-state index contributed by atoms with van der Waals surface area (Å²) in [5.41, 5.74) is 1.41. The molecule has 0 atom stereocenters. The summed E-state index contributed by atoms with van der Waals surface area (Å²) in [6, 6.07) is 7.53. The van der Waals surface area contributed by atoms with Crippen LogP contribution in [0.3, 0.4) is 0 Å². The van der Waals surface area contributed by atoms with Crippen molar-refractivity contribution in [1.82, 2.24) is 10.3 Å². The van der Waals surface area contributed by atoms with Crippen molar-refractivity contribution in [2.75, 3.05) is 6.54 Å². The summed E-state index contributed by atoms with van der Waals surface area (Å²) >= 11 is 5.78. The average Bonchev–Trinajstić information content (AvgIpc) is 2.85. The molecule has 0 aliphatic carbocycles. The van der Waals surface area contributed by atoms with E-state index in [2.05, 4.69) is 10.3 Å². The highest BCUT2D eigenvalue weighted by Gasteiger charge is 2.07. The molecule has 1 aromatic carbocycles. The first-order chi connectivity index (χ1) is 8.25. The van der Waals surface area contributed by atoms with Gasteiger partial charge in [-0.1, -0.05) is 23.7 Å². The third-order valence-electron chi connectivity index (χ3n) is 2.28. The van der Waals surface area contributed by atoms with E-state index < -0.39 is 0 Å². The van der Waals surface area contributed by atoms with Crippen LogP contribution in [0.4, 0.5) is 0 Å². The van der Waals surface area contributed by atoms with Gasteiger partial charge in [-0.25, -0.2) is 4.98 Å². The van der Waals surface area contributed by atoms with E-state index in [1.54, 1.807) is 0 Å². The van der Waals surface area contributed by atoms with Gasteiger partial charge in [-0.15, -0.1) is 0 Å². The third kappa shape index (κ3) is 3.32. The number of halogens is 1. The second kappa shape index (κ2) is 5.50. The van der Waals surface area contributed by atoms with Crippen LogP contribution in [0.5, 0.6) is 0 Å². The van der Waals surface area contributed by atoms with Crippen LogP contribution < -0.4 is 5.32 Å². The number of hydrogen-bond donors (Lipinski definition) is 1. The first-order valence-corrected chi connectivity index (χ1v) is 5.54. The maximum absolute atomic E-state index is 11.5. The Morgan fingerprint density at radius 3 is 2.76 bits per heavy atom. The fourth-order valence-corrected chi connectivity index (χ4v) is 1.51. The zero-order chi connectivity index (χ0) is 12.1. The van der Waals surface area contributed by atoms with Crippen molar-refractivity contribution >= 4 is 17.5 Å². The van der Waals surface area contributed by atoms with Gasteiger partial charge in [-0.3, -0.25) is 4.79 Å². The fourth-order valence-electron chi connectivity index (χ4n) is 1.39. The molecule has 0 unspecified atom stereocenters. The van der Waals surface area contributed by atoms with Gasteiger partial charge >= 0.3 is 0 Å². The lowest BCUT2D eigenvalue weighted by atomic mass is 10.1. The number of benzene rings is 1. The van der Waals surface area contributed by atoms with Crippen molar-refractivity contribution in [3.05, 3.63) is 53.2 Å². The van der Waals surface area contributed by atoms with E-state index in [0.29, 0.717) is 17.3 Å². The molecule has 0 saturated heterocycles. The quantitative estimate of drug-likeness (QED) is 0.906. The van der Waals surface area contributed by atoms with Gasteiger partial charge in [-0.05, 0) is 24.1 Å². The molecule has 1 amide bonds. The Balaban J connectivity index is 1.80. The number of nitrogens with zero attached hydrogens (tertiary/aromatic N) is 1. The lowest BCUT2D eigenvalue weighted by molar-refractivity contribution is 0.0949. The number of hydrogen-bond acceptors (Lipinski definition) is 3. The van der Waals surface area contributed by atoms with E-state index in [4.69, 9.17) is 16.0 Å². The molecule has 1 heterocycles. The zero-order valence-corrected chi connectivity index (χ0v) is 9.78. The van der Waals surface area contributed by atoms with Gasteiger partial charge < -0.3 is 9.73 Å². The van der Waals surface area contributed by atoms with E-state index in [1.807, 2.05) is 24.3 Å². The van der Waals surface area contributed by atoms with Gasteiger partial charge in [-0.2, -0.15) is 0 Å². The average molecular weight is 251 g/mol. The smallest absolute Gasteiger partial charge is 0.273 e. The van der Waals surface area contributed by atoms with Crippen LogP contribution in [-0.2, 0) is 6.42 Å². The van der Waals surface area contributed by atoms with Gasteiger partial charge in [0, 0.05) is 11.6 Å². The number of amides is 1. The first-order valence-electron chi connectivity index (χ1n) is 5.16. The summed E-state index contributed by atoms with van der Waals surface area (Å²) in [5.74, 6) is -0.229. The lowest BCUT2D eigenvalue weighted by Crippen LogP contribution is -2.25. The Labute approximate surface area is 104 Å². The normalized spacial score (nSPS) is 10.2. The summed E-state index contributed by atoms with van der Waals surface area (Å²) in [6.07, 6.45) is 3.30. The minimum Gasteiger partial charge on any atom is -0.451 e. The Morgan fingerprint density at radius 2 is 2.12 bits per heavy atom. The highest BCUT2D eigenvalue weighted by Crippen LogP contribution is 2.09. The molecule has 1 aromatic heterocycles. The Morgan fingerprint density at radius 1 is 1.35 bits per heavy atom. The number of oxazole rings is 1. The minimum atomic E-state index is -0.229. The van der Waals surface area contributed by atoms with Crippen LogP contribution in [0, 0.1) is 0 Å². The van der Waals surface area contributed by atoms with Crippen molar-refractivity contribution < 1.29 is 9.21 Å². The van der Waals surface area contributed by atoms with Gasteiger partial charge in [0.15, 0.2) is 12.1 Å². The first kappa shape index (κ1) is 11.7. The summed E-state index contributed by atoms with van der Waals surface area (Å²) in [4.78, 5) is 15.3. The minimum absolute atomic E-state index is 0.229. The second-order valence-electron chi connectivity index (χ2n) is 3.51. The van der Waals surface area contributed by atoms with Crippen LogP contribution >= 0.6 is 11.6 Å². The lowest BCUT2D eigenvalue weighted by Gasteiger charge is -2.03. The molecule has 4 nitrogen and oxygen atoms in total. The van der Waals surface area contributed by atoms with E-state index in [0.717, 1.165) is 12.0 Å². The van der Waals surface area contributed by atoms with Gasteiger partial charge in [0.25, 0.3) is 5.91 Å². The van der Waals surface area contributed by atoms with Crippen molar-refractivity contribution in [2.45, 2.75) is 6.42 Å². The third-order valence-corrected chi connectivity index (χ3v) is 2.53. The van der Waals surface area contributed by atoms with Crippen LogP contribution in [0.25, 0.3) is 0 Å². The molecule has 2 aromatic rings. The van der Waals surface area contributed by atoms with Gasteiger partial charge in [0.05, 0.1) is 0 Å². The molecule has 1 N–H and O–H groups in total. The van der Waals surface area contributed by atoms with Crippen LogP contribution in [-0.4, -0.2) is 17.4 Å². The summed E-state index contributed by atoms with van der Waals surface area (Å²) in [5, 5.41) is 3.46. The van der Waals surface area contributed by atoms with E-state index in [1.165, 1.54) is 12.7 Å². The predicted molar refractivity (Wildman–Crippen MR) is 64.0 cm³/mol. The molecule has 88 valence electrons. The molecule has 0 fully saturated rings. The number of rotatable bonds is 4. The number of carbonyl (C=O) groups is 1. The molecule has 0 spiro atoms. The monoisotopic (exact) mass is 250 g/mol. The maximum Gasteiger partial charge on any atom is 0.273 e. The van der Waals surface area contributed by atoms with Crippen molar-refractivity contribution in [1.29, 1.82) is 0 Å². The standard InChI is InChI=1S/C12H11ClN2O2/c13-10-3-1-9(2-4-10)5-6-14-12(16)11-7-17-8-15-11/h1-4,7-8H,5-6H2,(H,14,16). The predicted octanol–water partition coefficient (Wildman–Crippen LogP) is 2.30. The second-order valence-corrected chi connectivity index (χ2v) is 3.94. The van der Waals surface area contributed by atoms with E-state index >= 15 is 0 Å². The molecule has 0 bridgehead atoms. The summed E-state index contributed by atoms with van der Waals surface area (Å²) in [7, 11) is 0. The largest absolute Gasteiger partial charge is 0.451 e. The SMILES string of the molecule is O=C(NCCc1ccc(Cl)cc1)c1cocn1. The number of aromatic nitrogens is 1. The summed E-state index contributed by atoms with van der Waals surface area (Å²) < 4.78 is 4.73. The molecular weight excluding hydrogens is 240 g/mol. The molecule has 17 heavy (non-hydrogen) atoms. The highest BCUT2D eigenvalue weighted by molar-refractivity contribution is 6.30. The highest BCUT2D eigenvalue weighted by atomic mass is 35.5. The van der Waals surface area contributed by atoms with Gasteiger partial charge in [0.2, 0.25) is 0 Å². The molecule has 5 heteroatoms. The molecule has 0 aliphatic heterocycles. The van der Waals surface area contributed by atoms with Crippen molar-refractivity contribution in [2.24, 2.45) is 0 Å².